The average molecular weight is 369 g/mol. The number of benzene rings is 4. The second-order valence-electron chi connectivity index (χ2n) is 6.74. The molecule has 0 N–H and O–H groups in total. The highest BCUT2D eigenvalue weighted by atomic mass is 35.5. The molecule has 0 unspecified atom stereocenters. The first-order valence-corrected chi connectivity index (χ1v) is 9.18. The summed E-state index contributed by atoms with van der Waals surface area (Å²) in [5.41, 5.74) is 5.45. The third-order valence-electron chi connectivity index (χ3n) is 5.13. The second kappa shape index (κ2) is 5.38. The number of furan rings is 2. The zero-order valence-corrected chi connectivity index (χ0v) is 15.0. The van der Waals surface area contributed by atoms with Crippen LogP contribution >= 0.6 is 11.6 Å². The Balaban J connectivity index is 1.68. The Morgan fingerprint density at radius 2 is 1.22 bits per heavy atom. The summed E-state index contributed by atoms with van der Waals surface area (Å²) < 4.78 is 12.2. The third kappa shape index (κ3) is 2.14. The summed E-state index contributed by atoms with van der Waals surface area (Å²) in [6.07, 6.45) is 0. The number of fused-ring (bicyclic) bond motifs is 6. The molecule has 2 nitrogen and oxygen atoms in total. The number of rotatable bonds is 1. The summed E-state index contributed by atoms with van der Waals surface area (Å²) in [5, 5.41) is 5.02. The molecule has 0 aliphatic rings. The molecule has 4 aromatic carbocycles. The molecule has 0 saturated heterocycles. The van der Waals surface area contributed by atoms with Crippen LogP contribution in [0.1, 0.15) is 0 Å². The molecule has 2 heterocycles. The van der Waals surface area contributed by atoms with E-state index in [9.17, 15) is 0 Å². The molecule has 2 aromatic heterocycles. The first kappa shape index (κ1) is 14.9. The summed E-state index contributed by atoms with van der Waals surface area (Å²) >= 11 is 6.45. The molecule has 0 atom stereocenters. The van der Waals surface area contributed by atoms with E-state index in [-0.39, 0.29) is 0 Å². The maximum Gasteiger partial charge on any atom is 0.143 e. The first-order chi connectivity index (χ1) is 13.3. The van der Waals surface area contributed by atoms with Gasteiger partial charge in [0.1, 0.15) is 22.3 Å². The van der Waals surface area contributed by atoms with E-state index in [0.29, 0.717) is 5.02 Å². The molecule has 0 amide bonds. The maximum absolute atomic E-state index is 6.45. The van der Waals surface area contributed by atoms with E-state index < -0.39 is 0 Å². The van der Waals surface area contributed by atoms with Crippen LogP contribution in [-0.2, 0) is 0 Å². The van der Waals surface area contributed by atoms with Gasteiger partial charge in [0.2, 0.25) is 0 Å². The standard InChI is InChI=1S/C24H13ClO2/c25-15-12-19(24-20(13-15)17-6-2-4-8-22(17)27-24)14-9-10-18-16-5-1-3-7-21(16)26-23(18)11-14/h1-13H. The average Bonchev–Trinajstić information content (AvgIpc) is 3.25. The quantitative estimate of drug-likeness (QED) is 0.296. The highest BCUT2D eigenvalue weighted by molar-refractivity contribution is 6.32. The lowest BCUT2D eigenvalue weighted by atomic mass is 10.0. The highest BCUT2D eigenvalue weighted by Gasteiger charge is 2.15. The van der Waals surface area contributed by atoms with Crippen LogP contribution < -0.4 is 0 Å². The Hall–Kier alpha value is -3.23. The Bertz CT molecular complexity index is 1490. The van der Waals surface area contributed by atoms with Gasteiger partial charge in [-0.25, -0.2) is 0 Å². The van der Waals surface area contributed by atoms with E-state index in [4.69, 9.17) is 20.4 Å². The minimum Gasteiger partial charge on any atom is -0.456 e. The predicted octanol–water partition coefficient (Wildman–Crippen LogP) is 7.81. The van der Waals surface area contributed by atoms with Crippen molar-refractivity contribution in [3.63, 3.8) is 0 Å². The maximum atomic E-state index is 6.45. The van der Waals surface area contributed by atoms with Crippen LogP contribution in [0.4, 0.5) is 0 Å². The predicted molar refractivity (Wildman–Crippen MR) is 111 cm³/mol. The minimum atomic E-state index is 0.689. The van der Waals surface area contributed by atoms with Crippen LogP contribution in [0.2, 0.25) is 5.02 Å². The fourth-order valence-corrected chi connectivity index (χ4v) is 4.12. The molecule has 0 spiro atoms. The summed E-state index contributed by atoms with van der Waals surface area (Å²) in [6, 6.07) is 26.3. The van der Waals surface area contributed by atoms with Crippen LogP contribution in [0.25, 0.3) is 55.0 Å². The largest absolute Gasteiger partial charge is 0.456 e. The van der Waals surface area contributed by atoms with Crippen LogP contribution in [0.15, 0.2) is 87.7 Å². The Morgan fingerprint density at radius 1 is 0.556 bits per heavy atom. The lowest BCUT2D eigenvalue weighted by Gasteiger charge is -2.04. The SMILES string of the molecule is Clc1cc(-c2ccc3c(c2)oc2ccccc23)c2oc3ccccc3c2c1. The van der Waals surface area contributed by atoms with Gasteiger partial charge in [-0.2, -0.15) is 0 Å². The van der Waals surface area contributed by atoms with E-state index in [1.54, 1.807) is 0 Å². The van der Waals surface area contributed by atoms with E-state index in [2.05, 4.69) is 30.3 Å². The van der Waals surface area contributed by atoms with Crippen LogP contribution in [-0.4, -0.2) is 0 Å². The summed E-state index contributed by atoms with van der Waals surface area (Å²) in [6.45, 7) is 0. The van der Waals surface area contributed by atoms with E-state index in [0.717, 1.165) is 55.0 Å². The number of para-hydroxylation sites is 2. The molecule has 0 saturated carbocycles. The molecule has 128 valence electrons. The normalized spacial score (nSPS) is 11.9. The van der Waals surface area contributed by atoms with Crippen LogP contribution in [0.5, 0.6) is 0 Å². The van der Waals surface area contributed by atoms with Crippen LogP contribution in [0.3, 0.4) is 0 Å². The van der Waals surface area contributed by atoms with Gasteiger partial charge in [0.05, 0.1) is 0 Å². The van der Waals surface area contributed by atoms with Crippen molar-refractivity contribution in [1.29, 1.82) is 0 Å². The fourth-order valence-electron chi connectivity index (χ4n) is 3.90. The van der Waals surface area contributed by atoms with Crippen molar-refractivity contribution in [2.45, 2.75) is 0 Å². The summed E-state index contributed by atoms with van der Waals surface area (Å²) in [7, 11) is 0. The Labute approximate surface area is 159 Å². The Morgan fingerprint density at radius 3 is 2.04 bits per heavy atom. The third-order valence-corrected chi connectivity index (χ3v) is 5.35. The fraction of sp³-hybridized carbons (Fsp3) is 0. The van der Waals surface area contributed by atoms with Gasteiger partial charge in [0, 0.05) is 32.1 Å². The van der Waals surface area contributed by atoms with Crippen molar-refractivity contribution in [1.82, 2.24) is 0 Å². The second-order valence-corrected chi connectivity index (χ2v) is 7.17. The van der Waals surface area contributed by atoms with Crippen molar-refractivity contribution in [3.8, 4) is 11.1 Å². The molecule has 0 fully saturated rings. The molecule has 3 heteroatoms. The molecular formula is C24H13ClO2. The van der Waals surface area contributed by atoms with Gasteiger partial charge in [0.25, 0.3) is 0 Å². The van der Waals surface area contributed by atoms with E-state index in [1.165, 1.54) is 0 Å². The molecular weight excluding hydrogens is 356 g/mol. The lowest BCUT2D eigenvalue weighted by Crippen LogP contribution is -1.80. The molecule has 0 aliphatic carbocycles. The molecule has 27 heavy (non-hydrogen) atoms. The van der Waals surface area contributed by atoms with Crippen molar-refractivity contribution in [2.75, 3.05) is 0 Å². The molecule has 6 aromatic rings. The number of halogens is 1. The van der Waals surface area contributed by atoms with E-state index >= 15 is 0 Å². The van der Waals surface area contributed by atoms with Gasteiger partial charge >= 0.3 is 0 Å². The van der Waals surface area contributed by atoms with Gasteiger partial charge in [-0.05, 0) is 42.0 Å². The first-order valence-electron chi connectivity index (χ1n) is 8.80. The van der Waals surface area contributed by atoms with Crippen LogP contribution in [0, 0.1) is 0 Å². The molecule has 6 rings (SSSR count). The smallest absolute Gasteiger partial charge is 0.143 e. The molecule has 0 bridgehead atoms. The Kier molecular flexibility index (Phi) is 2.97. The monoisotopic (exact) mass is 368 g/mol. The molecule has 0 radical (unpaired) electrons. The van der Waals surface area contributed by atoms with Gasteiger partial charge in [-0.1, -0.05) is 54.1 Å². The molecule has 0 aliphatic heterocycles. The topological polar surface area (TPSA) is 26.3 Å². The van der Waals surface area contributed by atoms with Crippen molar-refractivity contribution < 1.29 is 8.83 Å². The van der Waals surface area contributed by atoms with Crippen molar-refractivity contribution in [2.24, 2.45) is 0 Å². The van der Waals surface area contributed by atoms with E-state index in [1.807, 2.05) is 48.5 Å². The van der Waals surface area contributed by atoms with Gasteiger partial charge in [-0.15, -0.1) is 0 Å². The lowest BCUT2D eigenvalue weighted by molar-refractivity contribution is 0.668. The van der Waals surface area contributed by atoms with Gasteiger partial charge in [0.15, 0.2) is 0 Å². The van der Waals surface area contributed by atoms with Crippen molar-refractivity contribution in [3.05, 3.63) is 83.9 Å². The number of hydrogen-bond acceptors (Lipinski definition) is 2. The van der Waals surface area contributed by atoms with Gasteiger partial charge < -0.3 is 8.83 Å². The zero-order chi connectivity index (χ0) is 18.0. The van der Waals surface area contributed by atoms with Gasteiger partial charge in [-0.3, -0.25) is 0 Å². The van der Waals surface area contributed by atoms with Crippen molar-refractivity contribution >= 4 is 55.5 Å². The highest BCUT2D eigenvalue weighted by Crippen LogP contribution is 2.39. The number of hydrogen-bond donors (Lipinski definition) is 0. The minimum absolute atomic E-state index is 0.689. The summed E-state index contributed by atoms with van der Waals surface area (Å²) in [4.78, 5) is 0. The zero-order valence-electron chi connectivity index (χ0n) is 14.2. The summed E-state index contributed by atoms with van der Waals surface area (Å²) in [5.74, 6) is 0.